The Labute approximate surface area is 182 Å². The standard InChI is InChI=1S/C19H17N5O5S2/c25-18(13-30-12-14-2-6-16(7-3-14)24(26)27)22-15-4-8-17(9-5-15)31(28,29)23-19-20-10-1-11-21-19/h1-11H,12-13H2,(H,22,25)(H,20,21,23). The van der Waals surface area contributed by atoms with E-state index in [0.29, 0.717) is 11.4 Å². The summed E-state index contributed by atoms with van der Waals surface area (Å²) in [6.07, 6.45) is 2.84. The summed E-state index contributed by atoms with van der Waals surface area (Å²) in [5.41, 5.74) is 1.34. The van der Waals surface area contributed by atoms with Crippen LogP contribution < -0.4 is 10.0 Å². The molecule has 2 N–H and O–H groups in total. The Morgan fingerprint density at radius 2 is 1.68 bits per heavy atom. The molecule has 0 saturated heterocycles. The third-order valence-corrected chi connectivity index (χ3v) is 6.24. The fourth-order valence-corrected chi connectivity index (χ4v) is 4.17. The van der Waals surface area contributed by atoms with Crippen molar-refractivity contribution >= 4 is 45.0 Å². The zero-order chi connectivity index (χ0) is 22.3. The van der Waals surface area contributed by atoms with E-state index in [0.717, 1.165) is 5.56 Å². The van der Waals surface area contributed by atoms with Gasteiger partial charge in [0.25, 0.3) is 15.7 Å². The van der Waals surface area contributed by atoms with Crippen molar-refractivity contribution < 1.29 is 18.1 Å². The van der Waals surface area contributed by atoms with E-state index in [1.54, 1.807) is 18.2 Å². The molecule has 0 spiro atoms. The number of benzene rings is 2. The van der Waals surface area contributed by atoms with Gasteiger partial charge in [-0.05, 0) is 35.9 Å². The van der Waals surface area contributed by atoms with Crippen LogP contribution in [-0.2, 0) is 20.6 Å². The van der Waals surface area contributed by atoms with Gasteiger partial charge in [-0.2, -0.15) is 0 Å². The molecule has 3 aromatic rings. The number of carbonyl (C=O) groups excluding carboxylic acids is 1. The van der Waals surface area contributed by atoms with E-state index in [4.69, 9.17) is 0 Å². The molecule has 0 saturated carbocycles. The van der Waals surface area contributed by atoms with Crippen molar-refractivity contribution in [3.8, 4) is 0 Å². The molecule has 0 aliphatic rings. The van der Waals surface area contributed by atoms with Crippen molar-refractivity contribution in [2.75, 3.05) is 15.8 Å². The quantitative estimate of drug-likeness (QED) is 0.367. The Morgan fingerprint density at radius 1 is 1.03 bits per heavy atom. The van der Waals surface area contributed by atoms with Gasteiger partial charge in [0.1, 0.15) is 0 Å². The highest BCUT2D eigenvalue weighted by atomic mass is 32.2. The van der Waals surface area contributed by atoms with Gasteiger partial charge in [-0.1, -0.05) is 12.1 Å². The van der Waals surface area contributed by atoms with Crippen LogP contribution in [0, 0.1) is 10.1 Å². The van der Waals surface area contributed by atoms with Crippen molar-refractivity contribution in [3.05, 3.63) is 82.7 Å². The van der Waals surface area contributed by atoms with E-state index in [1.165, 1.54) is 60.6 Å². The van der Waals surface area contributed by atoms with E-state index >= 15 is 0 Å². The molecular weight excluding hydrogens is 442 g/mol. The van der Waals surface area contributed by atoms with Gasteiger partial charge in [-0.25, -0.2) is 23.1 Å². The molecule has 1 amide bonds. The lowest BCUT2D eigenvalue weighted by atomic mass is 10.2. The molecule has 160 valence electrons. The predicted molar refractivity (Wildman–Crippen MR) is 117 cm³/mol. The smallest absolute Gasteiger partial charge is 0.269 e. The first-order valence-electron chi connectivity index (χ1n) is 8.84. The molecular formula is C19H17N5O5S2. The summed E-state index contributed by atoms with van der Waals surface area (Å²) in [5, 5.41) is 13.3. The number of nitro groups is 1. The van der Waals surface area contributed by atoms with Gasteiger partial charge in [-0.3, -0.25) is 14.9 Å². The van der Waals surface area contributed by atoms with Crippen molar-refractivity contribution in [3.63, 3.8) is 0 Å². The Hall–Kier alpha value is -3.51. The van der Waals surface area contributed by atoms with E-state index in [9.17, 15) is 23.3 Å². The summed E-state index contributed by atoms with van der Waals surface area (Å²) in [6.45, 7) is 0. The van der Waals surface area contributed by atoms with Crippen LogP contribution in [0.1, 0.15) is 5.56 Å². The largest absolute Gasteiger partial charge is 0.325 e. The average molecular weight is 460 g/mol. The molecule has 0 unspecified atom stereocenters. The van der Waals surface area contributed by atoms with Crippen LogP contribution in [0.5, 0.6) is 0 Å². The lowest BCUT2D eigenvalue weighted by Gasteiger charge is -2.08. The van der Waals surface area contributed by atoms with E-state index < -0.39 is 14.9 Å². The SMILES string of the molecule is O=C(CSCc1ccc([N+](=O)[O-])cc1)Nc1ccc(S(=O)(=O)Nc2ncccn2)cc1. The molecule has 3 rings (SSSR count). The molecule has 1 heterocycles. The highest BCUT2D eigenvalue weighted by Gasteiger charge is 2.15. The summed E-state index contributed by atoms with van der Waals surface area (Å²) in [4.78, 5) is 29.9. The molecule has 0 bridgehead atoms. The zero-order valence-electron chi connectivity index (χ0n) is 16.0. The highest BCUT2D eigenvalue weighted by Crippen LogP contribution is 2.19. The van der Waals surface area contributed by atoms with Crippen LogP contribution in [0.4, 0.5) is 17.3 Å². The number of nitrogens with one attached hydrogen (secondary N) is 2. The molecule has 0 radical (unpaired) electrons. The van der Waals surface area contributed by atoms with Crippen molar-refractivity contribution in [2.24, 2.45) is 0 Å². The predicted octanol–water partition coefficient (Wildman–Crippen LogP) is 3.06. The Balaban J connectivity index is 1.50. The summed E-state index contributed by atoms with van der Waals surface area (Å²) in [7, 11) is -3.85. The molecule has 12 heteroatoms. The Bertz CT molecular complexity index is 1150. The summed E-state index contributed by atoms with van der Waals surface area (Å²) >= 11 is 1.35. The number of non-ortho nitro benzene ring substituents is 1. The summed E-state index contributed by atoms with van der Waals surface area (Å²) in [6, 6.07) is 13.4. The van der Waals surface area contributed by atoms with Crippen LogP contribution >= 0.6 is 11.8 Å². The van der Waals surface area contributed by atoms with E-state index in [-0.39, 0.29) is 28.2 Å². The van der Waals surface area contributed by atoms with Crippen LogP contribution in [0.2, 0.25) is 0 Å². The van der Waals surface area contributed by atoms with Gasteiger partial charge in [0.2, 0.25) is 11.9 Å². The number of anilines is 2. The number of nitrogens with zero attached hydrogens (tertiary/aromatic N) is 3. The Morgan fingerprint density at radius 3 is 2.29 bits per heavy atom. The van der Waals surface area contributed by atoms with Gasteiger partial charge < -0.3 is 5.32 Å². The number of hydrogen-bond acceptors (Lipinski definition) is 8. The van der Waals surface area contributed by atoms with Crippen LogP contribution in [0.15, 0.2) is 71.9 Å². The first kappa shape index (κ1) is 22.2. The molecule has 0 atom stereocenters. The van der Waals surface area contributed by atoms with Gasteiger partial charge in [0.05, 0.1) is 15.6 Å². The Kier molecular flexibility index (Phi) is 7.15. The second kappa shape index (κ2) is 10.00. The second-order valence-electron chi connectivity index (χ2n) is 6.17. The van der Waals surface area contributed by atoms with Crippen molar-refractivity contribution in [1.82, 2.24) is 9.97 Å². The third-order valence-electron chi connectivity index (χ3n) is 3.89. The minimum absolute atomic E-state index is 0.00509. The molecule has 0 aliphatic heterocycles. The number of nitro benzene ring substituents is 1. The fourth-order valence-electron chi connectivity index (χ4n) is 2.42. The lowest BCUT2D eigenvalue weighted by Crippen LogP contribution is -2.16. The number of thioether (sulfide) groups is 1. The monoisotopic (exact) mass is 459 g/mol. The molecule has 31 heavy (non-hydrogen) atoms. The minimum atomic E-state index is -3.85. The molecule has 1 aromatic heterocycles. The molecule has 0 aliphatic carbocycles. The maximum absolute atomic E-state index is 12.4. The summed E-state index contributed by atoms with van der Waals surface area (Å²) < 4.78 is 27.0. The lowest BCUT2D eigenvalue weighted by molar-refractivity contribution is -0.384. The van der Waals surface area contributed by atoms with Crippen LogP contribution in [0.25, 0.3) is 0 Å². The minimum Gasteiger partial charge on any atom is -0.325 e. The summed E-state index contributed by atoms with van der Waals surface area (Å²) in [5.74, 6) is 0.406. The third kappa shape index (κ3) is 6.49. The fraction of sp³-hybridized carbons (Fsp3) is 0.105. The number of rotatable bonds is 9. The molecule has 2 aromatic carbocycles. The first-order valence-corrected chi connectivity index (χ1v) is 11.5. The van der Waals surface area contributed by atoms with Crippen LogP contribution in [-0.4, -0.2) is 35.0 Å². The van der Waals surface area contributed by atoms with E-state index in [2.05, 4.69) is 20.0 Å². The van der Waals surface area contributed by atoms with Crippen molar-refractivity contribution in [1.29, 1.82) is 0 Å². The number of carbonyl (C=O) groups is 1. The maximum atomic E-state index is 12.4. The van der Waals surface area contributed by atoms with Gasteiger partial charge >= 0.3 is 0 Å². The highest BCUT2D eigenvalue weighted by molar-refractivity contribution is 7.99. The molecule has 0 fully saturated rings. The first-order chi connectivity index (χ1) is 14.8. The normalized spacial score (nSPS) is 11.0. The van der Waals surface area contributed by atoms with Crippen molar-refractivity contribution in [2.45, 2.75) is 10.6 Å². The van der Waals surface area contributed by atoms with Gasteiger partial charge in [0.15, 0.2) is 0 Å². The number of sulfonamides is 1. The number of hydrogen-bond donors (Lipinski definition) is 2. The maximum Gasteiger partial charge on any atom is 0.269 e. The average Bonchev–Trinajstić information content (AvgIpc) is 2.75. The topological polar surface area (TPSA) is 144 Å². The van der Waals surface area contributed by atoms with Gasteiger partial charge in [-0.15, -0.1) is 11.8 Å². The van der Waals surface area contributed by atoms with E-state index in [1.807, 2.05) is 0 Å². The number of aromatic nitrogens is 2. The zero-order valence-corrected chi connectivity index (χ0v) is 17.6. The molecule has 10 nitrogen and oxygen atoms in total. The van der Waals surface area contributed by atoms with Gasteiger partial charge in [0, 0.05) is 36.0 Å². The number of amides is 1. The second-order valence-corrected chi connectivity index (χ2v) is 8.83. The van der Waals surface area contributed by atoms with Crippen LogP contribution in [0.3, 0.4) is 0 Å².